The van der Waals surface area contributed by atoms with Gasteiger partial charge in [-0.2, -0.15) is 8.99 Å². The van der Waals surface area contributed by atoms with Crippen LogP contribution in [0, 0.1) is 0 Å². The second-order valence-electron chi connectivity index (χ2n) is 6.04. The van der Waals surface area contributed by atoms with Crippen molar-refractivity contribution in [2.75, 3.05) is 26.2 Å². The summed E-state index contributed by atoms with van der Waals surface area (Å²) in [6, 6.07) is 7.95. The van der Waals surface area contributed by atoms with E-state index in [9.17, 15) is 13.2 Å². The topological polar surface area (TPSA) is 101 Å². The van der Waals surface area contributed by atoms with Crippen molar-refractivity contribution in [3.05, 3.63) is 51.9 Å². The average molecular weight is 439 g/mol. The van der Waals surface area contributed by atoms with Gasteiger partial charge < -0.3 is 4.90 Å². The molecular formula is C16H15ClN6O3S2. The van der Waals surface area contributed by atoms with Crippen LogP contribution >= 0.6 is 22.9 Å². The van der Waals surface area contributed by atoms with E-state index in [-0.39, 0.29) is 23.9 Å². The summed E-state index contributed by atoms with van der Waals surface area (Å²) in [7, 11) is -3.65. The molecule has 0 saturated carbocycles. The summed E-state index contributed by atoms with van der Waals surface area (Å²) in [4.78, 5) is 15.2. The maximum Gasteiger partial charge on any atom is 0.266 e. The number of thiophene rings is 1. The number of aromatic nitrogens is 4. The first-order chi connectivity index (χ1) is 13.5. The van der Waals surface area contributed by atoms with Crippen molar-refractivity contribution in [2.45, 2.75) is 4.90 Å². The average Bonchev–Trinajstić information content (AvgIpc) is 3.39. The number of rotatable bonds is 4. The smallest absolute Gasteiger partial charge is 0.266 e. The lowest BCUT2D eigenvalue weighted by Crippen LogP contribution is -2.50. The number of hydrogen-bond donors (Lipinski definition) is 0. The van der Waals surface area contributed by atoms with E-state index in [1.165, 1.54) is 38.8 Å². The minimum Gasteiger partial charge on any atom is -0.335 e. The lowest BCUT2D eigenvalue weighted by Gasteiger charge is -2.34. The molecule has 0 N–H and O–H groups in total. The highest BCUT2D eigenvalue weighted by molar-refractivity contribution is 7.89. The molecule has 2 aromatic heterocycles. The molecule has 146 valence electrons. The van der Waals surface area contributed by atoms with E-state index in [2.05, 4.69) is 15.5 Å². The van der Waals surface area contributed by atoms with Gasteiger partial charge in [-0.1, -0.05) is 17.7 Å². The molecule has 3 heterocycles. The number of carbonyl (C=O) groups is 1. The van der Waals surface area contributed by atoms with Crippen molar-refractivity contribution < 1.29 is 13.2 Å². The van der Waals surface area contributed by atoms with Gasteiger partial charge in [0.2, 0.25) is 10.0 Å². The fourth-order valence-electron chi connectivity index (χ4n) is 2.97. The zero-order chi connectivity index (χ0) is 19.7. The Morgan fingerprint density at radius 1 is 1.14 bits per heavy atom. The number of tetrazole rings is 1. The molecule has 1 aromatic carbocycles. The molecule has 1 fully saturated rings. The Morgan fingerprint density at radius 2 is 1.93 bits per heavy atom. The van der Waals surface area contributed by atoms with Gasteiger partial charge in [-0.15, -0.1) is 16.4 Å². The molecule has 0 unspecified atom stereocenters. The molecule has 1 amide bonds. The second-order valence-corrected chi connectivity index (χ2v) is 9.33. The van der Waals surface area contributed by atoms with Crippen molar-refractivity contribution in [3.63, 3.8) is 0 Å². The third-order valence-electron chi connectivity index (χ3n) is 4.39. The zero-order valence-electron chi connectivity index (χ0n) is 14.5. The summed E-state index contributed by atoms with van der Waals surface area (Å²) in [5.74, 6) is -0.166. The Kier molecular flexibility index (Phi) is 5.15. The van der Waals surface area contributed by atoms with Crippen LogP contribution in [0.4, 0.5) is 0 Å². The number of benzene rings is 1. The van der Waals surface area contributed by atoms with E-state index in [0.29, 0.717) is 28.7 Å². The quantitative estimate of drug-likeness (QED) is 0.612. The lowest BCUT2D eigenvalue weighted by atomic mass is 10.3. The van der Waals surface area contributed by atoms with E-state index >= 15 is 0 Å². The van der Waals surface area contributed by atoms with Gasteiger partial charge in [0.25, 0.3) is 5.91 Å². The third kappa shape index (κ3) is 3.53. The van der Waals surface area contributed by atoms with E-state index in [1.54, 1.807) is 28.5 Å². The summed E-state index contributed by atoms with van der Waals surface area (Å²) >= 11 is 7.22. The van der Waals surface area contributed by atoms with Gasteiger partial charge in [0, 0.05) is 31.2 Å². The van der Waals surface area contributed by atoms with Crippen LogP contribution in [0.5, 0.6) is 0 Å². The van der Waals surface area contributed by atoms with Crippen LogP contribution in [-0.2, 0) is 10.0 Å². The van der Waals surface area contributed by atoms with Crippen LogP contribution in [0.3, 0.4) is 0 Å². The lowest BCUT2D eigenvalue weighted by molar-refractivity contribution is 0.0702. The summed E-state index contributed by atoms with van der Waals surface area (Å²) in [5, 5.41) is 13.2. The highest BCUT2D eigenvalue weighted by atomic mass is 35.5. The van der Waals surface area contributed by atoms with Gasteiger partial charge in [-0.05, 0) is 40.1 Å². The first-order valence-electron chi connectivity index (χ1n) is 8.32. The van der Waals surface area contributed by atoms with Gasteiger partial charge >= 0.3 is 0 Å². The number of piperazine rings is 1. The molecule has 9 nitrogen and oxygen atoms in total. The van der Waals surface area contributed by atoms with E-state index in [1.807, 2.05) is 0 Å². The molecule has 28 heavy (non-hydrogen) atoms. The predicted octanol–water partition coefficient (Wildman–Crippen LogP) is 1.52. The fraction of sp³-hybridized carbons (Fsp3) is 0.250. The molecule has 1 saturated heterocycles. The van der Waals surface area contributed by atoms with Crippen LogP contribution in [-0.4, -0.2) is 69.9 Å². The van der Waals surface area contributed by atoms with Crippen LogP contribution in [0.25, 0.3) is 5.69 Å². The molecule has 3 aromatic rings. The molecule has 12 heteroatoms. The Labute approximate surface area is 170 Å². The van der Waals surface area contributed by atoms with Crippen molar-refractivity contribution in [3.8, 4) is 5.69 Å². The van der Waals surface area contributed by atoms with Crippen molar-refractivity contribution >= 4 is 38.9 Å². The molecule has 0 spiro atoms. The molecule has 0 aliphatic carbocycles. The third-order valence-corrected chi connectivity index (χ3v) is 7.42. The monoisotopic (exact) mass is 438 g/mol. The summed E-state index contributed by atoms with van der Waals surface area (Å²) in [5.41, 5.74) is 0.606. The number of amides is 1. The maximum atomic E-state index is 12.9. The van der Waals surface area contributed by atoms with Crippen LogP contribution in [0.1, 0.15) is 9.67 Å². The first-order valence-corrected chi connectivity index (χ1v) is 11.0. The number of nitrogens with zero attached hydrogens (tertiary/aromatic N) is 6. The minimum absolute atomic E-state index is 0.152. The molecule has 4 rings (SSSR count). The van der Waals surface area contributed by atoms with Crippen molar-refractivity contribution in [2.24, 2.45) is 0 Å². The normalized spacial score (nSPS) is 15.7. The van der Waals surface area contributed by atoms with Gasteiger partial charge in [-0.25, -0.2) is 8.42 Å². The van der Waals surface area contributed by atoms with Crippen LogP contribution in [0.2, 0.25) is 5.02 Å². The van der Waals surface area contributed by atoms with E-state index in [4.69, 9.17) is 11.6 Å². The Balaban J connectivity index is 1.48. The molecule has 1 aliphatic heterocycles. The molecule has 0 atom stereocenters. The number of sulfonamides is 1. The highest BCUT2D eigenvalue weighted by Gasteiger charge is 2.31. The van der Waals surface area contributed by atoms with Crippen LogP contribution in [0.15, 0.2) is 46.9 Å². The number of carbonyl (C=O) groups excluding carboxylic acids is 1. The summed E-state index contributed by atoms with van der Waals surface area (Å²) in [6.45, 7) is 1.02. The SMILES string of the molecule is O=C(c1sccc1-n1cnnn1)N1CCN(S(=O)(=O)c2cccc(Cl)c2)CC1. The Bertz CT molecular complexity index is 1090. The zero-order valence-corrected chi connectivity index (χ0v) is 16.9. The van der Waals surface area contributed by atoms with E-state index < -0.39 is 10.0 Å². The van der Waals surface area contributed by atoms with Crippen LogP contribution < -0.4 is 0 Å². The molecule has 0 bridgehead atoms. The maximum absolute atomic E-state index is 12.9. The largest absolute Gasteiger partial charge is 0.335 e. The van der Waals surface area contributed by atoms with Gasteiger partial charge in [-0.3, -0.25) is 4.79 Å². The molecule has 0 radical (unpaired) electrons. The number of hydrogen-bond acceptors (Lipinski definition) is 7. The fourth-order valence-corrected chi connectivity index (χ4v) is 5.54. The van der Waals surface area contributed by atoms with Gasteiger partial charge in [0.1, 0.15) is 11.2 Å². The van der Waals surface area contributed by atoms with E-state index in [0.717, 1.165) is 0 Å². The number of halogens is 1. The summed E-state index contributed by atoms with van der Waals surface area (Å²) < 4.78 is 28.4. The second kappa shape index (κ2) is 7.59. The molecule has 1 aliphatic rings. The minimum atomic E-state index is -3.65. The van der Waals surface area contributed by atoms with Gasteiger partial charge in [0.15, 0.2) is 0 Å². The highest BCUT2D eigenvalue weighted by Crippen LogP contribution is 2.24. The standard InChI is InChI=1S/C16H15ClN6O3S2/c17-12-2-1-3-13(10-12)28(25,26)22-7-5-21(6-8-22)16(24)15-14(4-9-27-15)23-11-18-19-20-23/h1-4,9-11H,5-8H2. The van der Waals surface area contributed by atoms with Gasteiger partial charge in [0.05, 0.1) is 10.6 Å². The van der Waals surface area contributed by atoms with Crippen molar-refractivity contribution in [1.82, 2.24) is 29.4 Å². The summed E-state index contributed by atoms with van der Waals surface area (Å²) in [6.07, 6.45) is 1.42. The Hall–Kier alpha value is -2.34. The Morgan fingerprint density at radius 3 is 2.61 bits per heavy atom. The predicted molar refractivity (Wildman–Crippen MR) is 103 cm³/mol. The first kappa shape index (κ1) is 19.0. The van der Waals surface area contributed by atoms with Crippen molar-refractivity contribution in [1.29, 1.82) is 0 Å². The molecular weight excluding hydrogens is 424 g/mol.